The van der Waals surface area contributed by atoms with E-state index in [1.54, 1.807) is 13.3 Å². The van der Waals surface area contributed by atoms with Crippen LogP contribution in [-0.2, 0) is 4.74 Å². The fraction of sp³-hybridized carbons (Fsp3) is 0.583. The molecule has 1 heterocycles. The van der Waals surface area contributed by atoms with Crippen LogP contribution in [0, 0.1) is 12.8 Å². The number of aryl methyl sites for hydroxylation is 1. The van der Waals surface area contributed by atoms with Crippen LogP contribution in [0.3, 0.4) is 0 Å². The number of nitrogens with zero attached hydrogens (tertiary/aromatic N) is 1. The number of hydrogen-bond donors (Lipinski definition) is 2. The summed E-state index contributed by atoms with van der Waals surface area (Å²) in [7, 11) is 1.72. The molecule has 0 bridgehead atoms. The molecule has 0 radical (unpaired) electrons. The van der Waals surface area contributed by atoms with Gasteiger partial charge in [0.15, 0.2) is 0 Å². The van der Waals surface area contributed by atoms with Gasteiger partial charge < -0.3 is 4.74 Å². The SMILES string of the molecule is COCCC(C)C(NN)c1cnccc1C. The zero-order valence-corrected chi connectivity index (χ0v) is 10.2. The predicted molar refractivity (Wildman–Crippen MR) is 64.7 cm³/mol. The second-order valence-electron chi connectivity index (χ2n) is 4.14. The van der Waals surface area contributed by atoms with Gasteiger partial charge in [-0.05, 0) is 36.5 Å². The number of ether oxygens (including phenoxy) is 1. The third-order valence-electron chi connectivity index (χ3n) is 2.94. The highest BCUT2D eigenvalue weighted by Gasteiger charge is 2.19. The third-order valence-corrected chi connectivity index (χ3v) is 2.94. The van der Waals surface area contributed by atoms with Crippen LogP contribution in [0.5, 0.6) is 0 Å². The lowest BCUT2D eigenvalue weighted by molar-refractivity contribution is 0.170. The molecule has 0 aliphatic heterocycles. The fourth-order valence-corrected chi connectivity index (χ4v) is 1.83. The van der Waals surface area contributed by atoms with E-state index in [-0.39, 0.29) is 6.04 Å². The maximum atomic E-state index is 5.63. The lowest BCUT2D eigenvalue weighted by Gasteiger charge is -2.24. The van der Waals surface area contributed by atoms with E-state index in [9.17, 15) is 0 Å². The monoisotopic (exact) mass is 223 g/mol. The van der Waals surface area contributed by atoms with Crippen molar-refractivity contribution in [3.63, 3.8) is 0 Å². The van der Waals surface area contributed by atoms with Crippen molar-refractivity contribution in [2.45, 2.75) is 26.3 Å². The van der Waals surface area contributed by atoms with E-state index in [0.29, 0.717) is 5.92 Å². The van der Waals surface area contributed by atoms with Crippen molar-refractivity contribution in [1.82, 2.24) is 10.4 Å². The third kappa shape index (κ3) is 3.27. The highest BCUT2D eigenvalue weighted by molar-refractivity contribution is 5.25. The van der Waals surface area contributed by atoms with Gasteiger partial charge in [-0.1, -0.05) is 6.92 Å². The second-order valence-corrected chi connectivity index (χ2v) is 4.14. The Hall–Kier alpha value is -0.970. The van der Waals surface area contributed by atoms with E-state index in [1.165, 1.54) is 5.56 Å². The van der Waals surface area contributed by atoms with Crippen LogP contribution >= 0.6 is 0 Å². The molecule has 3 N–H and O–H groups in total. The van der Waals surface area contributed by atoms with Crippen molar-refractivity contribution in [2.24, 2.45) is 11.8 Å². The van der Waals surface area contributed by atoms with E-state index in [2.05, 4.69) is 24.3 Å². The lowest BCUT2D eigenvalue weighted by Crippen LogP contribution is -2.33. The van der Waals surface area contributed by atoms with E-state index in [4.69, 9.17) is 10.6 Å². The molecule has 1 aromatic heterocycles. The molecule has 0 spiro atoms. The van der Waals surface area contributed by atoms with Gasteiger partial charge in [-0.25, -0.2) is 0 Å². The maximum Gasteiger partial charge on any atom is 0.0504 e. The van der Waals surface area contributed by atoms with Crippen molar-refractivity contribution >= 4 is 0 Å². The molecule has 2 unspecified atom stereocenters. The van der Waals surface area contributed by atoms with Crippen molar-refractivity contribution in [1.29, 1.82) is 0 Å². The van der Waals surface area contributed by atoms with Gasteiger partial charge in [0.2, 0.25) is 0 Å². The van der Waals surface area contributed by atoms with Crippen molar-refractivity contribution < 1.29 is 4.74 Å². The first-order valence-corrected chi connectivity index (χ1v) is 5.56. The van der Waals surface area contributed by atoms with Crippen molar-refractivity contribution in [2.75, 3.05) is 13.7 Å². The summed E-state index contributed by atoms with van der Waals surface area (Å²) in [6.45, 7) is 4.99. The van der Waals surface area contributed by atoms with Crippen molar-refractivity contribution in [3.8, 4) is 0 Å². The van der Waals surface area contributed by atoms with E-state index in [0.717, 1.165) is 18.6 Å². The highest BCUT2D eigenvalue weighted by atomic mass is 16.5. The first-order valence-electron chi connectivity index (χ1n) is 5.56. The zero-order chi connectivity index (χ0) is 12.0. The van der Waals surface area contributed by atoms with Crippen LogP contribution < -0.4 is 11.3 Å². The van der Waals surface area contributed by atoms with Crippen LogP contribution in [0.2, 0.25) is 0 Å². The van der Waals surface area contributed by atoms with Gasteiger partial charge in [-0.2, -0.15) is 0 Å². The van der Waals surface area contributed by atoms with Crippen LogP contribution in [0.25, 0.3) is 0 Å². The lowest BCUT2D eigenvalue weighted by atomic mass is 9.91. The Morgan fingerprint density at radius 1 is 1.56 bits per heavy atom. The number of hydrogen-bond acceptors (Lipinski definition) is 4. The van der Waals surface area contributed by atoms with Crippen LogP contribution in [0.1, 0.15) is 30.5 Å². The highest BCUT2D eigenvalue weighted by Crippen LogP contribution is 2.25. The molecular formula is C12H21N3O. The van der Waals surface area contributed by atoms with Gasteiger partial charge >= 0.3 is 0 Å². The molecule has 0 saturated carbocycles. The quantitative estimate of drug-likeness (QED) is 0.567. The molecule has 0 aliphatic rings. The summed E-state index contributed by atoms with van der Waals surface area (Å²) < 4.78 is 5.09. The Balaban J connectivity index is 2.77. The Kier molecular flexibility index (Phi) is 5.38. The molecule has 1 rings (SSSR count). The van der Waals surface area contributed by atoms with Crippen LogP contribution in [0.4, 0.5) is 0 Å². The standard InChI is InChI=1S/C12H21N3O/c1-9-4-6-14-8-11(9)12(15-13)10(2)5-7-16-3/h4,6,8,10,12,15H,5,7,13H2,1-3H3. The summed E-state index contributed by atoms with van der Waals surface area (Å²) in [6, 6.07) is 2.13. The minimum atomic E-state index is 0.129. The largest absolute Gasteiger partial charge is 0.385 e. The molecule has 0 amide bonds. The van der Waals surface area contributed by atoms with E-state index in [1.807, 2.05) is 12.3 Å². The first kappa shape index (κ1) is 13.1. The molecule has 4 heteroatoms. The molecule has 16 heavy (non-hydrogen) atoms. The number of rotatable bonds is 6. The molecule has 0 aromatic carbocycles. The Bertz CT molecular complexity index is 317. The van der Waals surface area contributed by atoms with Crippen LogP contribution in [-0.4, -0.2) is 18.7 Å². The summed E-state index contributed by atoms with van der Waals surface area (Å²) in [4.78, 5) is 4.15. The van der Waals surface area contributed by atoms with E-state index < -0.39 is 0 Å². The second kappa shape index (κ2) is 6.58. The number of methoxy groups -OCH3 is 1. The number of nitrogens with one attached hydrogen (secondary N) is 1. The Morgan fingerprint density at radius 3 is 2.88 bits per heavy atom. The smallest absolute Gasteiger partial charge is 0.0504 e. The molecule has 0 fully saturated rings. The molecular weight excluding hydrogens is 202 g/mol. The first-order chi connectivity index (χ1) is 7.70. The van der Waals surface area contributed by atoms with Gasteiger partial charge in [-0.15, -0.1) is 0 Å². The minimum absolute atomic E-state index is 0.129. The van der Waals surface area contributed by atoms with Gasteiger partial charge in [0.1, 0.15) is 0 Å². The maximum absolute atomic E-state index is 5.63. The normalized spacial score (nSPS) is 14.8. The summed E-state index contributed by atoms with van der Waals surface area (Å²) in [5.74, 6) is 6.04. The number of hydrazine groups is 1. The average molecular weight is 223 g/mol. The van der Waals surface area contributed by atoms with E-state index >= 15 is 0 Å². The van der Waals surface area contributed by atoms with Crippen molar-refractivity contribution in [3.05, 3.63) is 29.6 Å². The molecule has 0 aliphatic carbocycles. The predicted octanol–water partition coefficient (Wildman–Crippen LogP) is 1.57. The fourth-order valence-electron chi connectivity index (χ4n) is 1.83. The molecule has 4 nitrogen and oxygen atoms in total. The summed E-state index contributed by atoms with van der Waals surface area (Å²) in [5.41, 5.74) is 5.24. The summed E-state index contributed by atoms with van der Waals surface area (Å²) in [5, 5.41) is 0. The average Bonchev–Trinajstić information content (AvgIpc) is 2.30. The Morgan fingerprint density at radius 2 is 2.31 bits per heavy atom. The summed E-state index contributed by atoms with van der Waals surface area (Å²) in [6.07, 6.45) is 4.65. The minimum Gasteiger partial charge on any atom is -0.385 e. The number of aromatic nitrogens is 1. The summed E-state index contributed by atoms with van der Waals surface area (Å²) >= 11 is 0. The van der Waals surface area contributed by atoms with Gasteiger partial charge in [0.25, 0.3) is 0 Å². The van der Waals surface area contributed by atoms with Gasteiger partial charge in [0, 0.05) is 26.1 Å². The zero-order valence-electron chi connectivity index (χ0n) is 10.2. The number of nitrogens with two attached hydrogens (primary N) is 1. The van der Waals surface area contributed by atoms with Crippen LogP contribution in [0.15, 0.2) is 18.5 Å². The van der Waals surface area contributed by atoms with Gasteiger partial charge in [-0.3, -0.25) is 16.3 Å². The topological polar surface area (TPSA) is 60.2 Å². The molecule has 90 valence electrons. The number of pyridine rings is 1. The van der Waals surface area contributed by atoms with Gasteiger partial charge in [0.05, 0.1) is 6.04 Å². The molecule has 1 aromatic rings. The molecule has 0 saturated heterocycles. The molecule has 2 atom stereocenters. The Labute approximate surface area is 97.2 Å².